The zero-order chi connectivity index (χ0) is 23.5. The molecule has 1 saturated heterocycles. The van der Waals surface area contributed by atoms with Crippen molar-refractivity contribution in [1.82, 2.24) is 9.62 Å². The van der Waals surface area contributed by atoms with E-state index >= 15 is 0 Å². The Balaban J connectivity index is 1.62. The molecule has 0 radical (unpaired) electrons. The summed E-state index contributed by atoms with van der Waals surface area (Å²) in [6.45, 7) is 4.98. The van der Waals surface area contributed by atoms with E-state index in [2.05, 4.69) is 5.32 Å². The number of ether oxygens (including phenoxy) is 1. The Morgan fingerprint density at radius 1 is 1.00 bits per heavy atom. The third kappa shape index (κ3) is 5.57. The van der Waals surface area contributed by atoms with Crippen LogP contribution in [0.3, 0.4) is 0 Å². The van der Waals surface area contributed by atoms with Gasteiger partial charge in [0, 0.05) is 24.2 Å². The minimum Gasteiger partial charge on any atom is -0.407 e. The van der Waals surface area contributed by atoms with E-state index in [4.69, 9.17) is 15.6 Å². The maximum atomic E-state index is 13.0. The number of benzene rings is 2. The van der Waals surface area contributed by atoms with Crippen LogP contribution in [0.2, 0.25) is 0 Å². The number of piperidine rings is 1. The summed E-state index contributed by atoms with van der Waals surface area (Å²) in [5.74, 6) is -1.04. The zero-order valence-corrected chi connectivity index (χ0v) is 18.6. The quantitative estimate of drug-likeness (QED) is 0.479. The van der Waals surface area contributed by atoms with E-state index in [0.717, 1.165) is 18.6 Å². The van der Waals surface area contributed by atoms with E-state index in [9.17, 15) is 17.6 Å². The number of carbonyl (C=O) groups is 1. The topological polar surface area (TPSA) is 123 Å². The highest BCUT2D eigenvalue weighted by molar-refractivity contribution is 7.89. The fourth-order valence-electron chi connectivity index (χ4n) is 3.69. The van der Waals surface area contributed by atoms with Crippen molar-refractivity contribution in [3.05, 3.63) is 65.5 Å². The van der Waals surface area contributed by atoms with Crippen LogP contribution in [-0.2, 0) is 14.8 Å². The lowest BCUT2D eigenvalue weighted by molar-refractivity contribution is 0.0971. The van der Waals surface area contributed by atoms with Crippen LogP contribution >= 0.6 is 0 Å². The molecule has 32 heavy (non-hydrogen) atoms. The minimum atomic E-state index is -3.66. The van der Waals surface area contributed by atoms with Crippen LogP contribution in [0.1, 0.15) is 36.2 Å². The monoisotopic (exact) mass is 460 g/mol. The molecule has 0 bridgehead atoms. The molecule has 1 fully saturated rings. The largest absolute Gasteiger partial charge is 0.407 e. The predicted molar refractivity (Wildman–Crippen MR) is 118 cm³/mol. The second-order valence-corrected chi connectivity index (χ2v) is 9.95. The van der Waals surface area contributed by atoms with E-state index in [1.807, 2.05) is 13.8 Å². The second-order valence-electron chi connectivity index (χ2n) is 8.01. The van der Waals surface area contributed by atoms with E-state index in [0.29, 0.717) is 13.1 Å². The molecule has 0 unspecified atom stereocenters. The highest BCUT2D eigenvalue weighted by atomic mass is 32.2. The Morgan fingerprint density at radius 2 is 1.53 bits per heavy atom. The molecule has 0 saturated carbocycles. The Bertz CT molecular complexity index is 1110. The number of nitrogens with zero attached hydrogens (tertiary/aromatic N) is 1. The first-order valence-corrected chi connectivity index (χ1v) is 11.5. The molecule has 0 spiro atoms. The van der Waals surface area contributed by atoms with Crippen LogP contribution in [0.5, 0.6) is 0 Å². The highest BCUT2D eigenvalue weighted by Crippen LogP contribution is 2.26. The van der Waals surface area contributed by atoms with Crippen molar-refractivity contribution < 1.29 is 22.3 Å². The van der Waals surface area contributed by atoms with Gasteiger partial charge in [-0.1, -0.05) is 13.8 Å². The van der Waals surface area contributed by atoms with E-state index < -0.39 is 33.7 Å². The summed E-state index contributed by atoms with van der Waals surface area (Å²) in [5, 5.41) is 17.7. The van der Waals surface area contributed by atoms with Crippen LogP contribution in [-0.4, -0.2) is 43.6 Å². The van der Waals surface area contributed by atoms with Gasteiger partial charge < -0.3 is 4.74 Å². The standard InChI is InChI=1S/C22H25FN4O4S/c1-14-11-15(2)13-27(12-14)32(29,30)19-9-5-17(6-10-19)21(28)26-22(25)31-20(24)16-3-7-18(23)8-4-16/h3-10,14-15,24H,11-13H2,1-2H3,(H2,25,26,28)/t14-,15+. The summed E-state index contributed by atoms with van der Waals surface area (Å²) >= 11 is 0. The maximum Gasteiger partial charge on any atom is 0.295 e. The normalized spacial score (nSPS) is 19.2. The number of hydrogen-bond donors (Lipinski definition) is 3. The van der Waals surface area contributed by atoms with Crippen LogP contribution < -0.4 is 5.32 Å². The van der Waals surface area contributed by atoms with Gasteiger partial charge in [0.15, 0.2) is 0 Å². The number of halogens is 1. The number of amides is 1. The Hall–Kier alpha value is -3.11. The van der Waals surface area contributed by atoms with Crippen molar-refractivity contribution in [3.8, 4) is 0 Å². The minimum absolute atomic E-state index is 0.0970. The first kappa shape index (κ1) is 23.6. The molecule has 10 heteroatoms. The van der Waals surface area contributed by atoms with Crippen molar-refractivity contribution in [1.29, 1.82) is 10.8 Å². The van der Waals surface area contributed by atoms with Crippen molar-refractivity contribution in [2.24, 2.45) is 11.8 Å². The number of carbonyl (C=O) groups excluding carboxylic acids is 1. The smallest absolute Gasteiger partial charge is 0.295 e. The van der Waals surface area contributed by atoms with Gasteiger partial charge in [-0.05, 0) is 66.8 Å². The van der Waals surface area contributed by atoms with Gasteiger partial charge in [0.25, 0.3) is 11.9 Å². The molecule has 1 amide bonds. The molecule has 3 rings (SSSR count). The lowest BCUT2D eigenvalue weighted by atomic mass is 9.94. The van der Waals surface area contributed by atoms with Crippen LogP contribution in [0.15, 0.2) is 53.4 Å². The molecule has 8 nitrogen and oxygen atoms in total. The van der Waals surface area contributed by atoms with Gasteiger partial charge in [0.2, 0.25) is 15.9 Å². The van der Waals surface area contributed by atoms with Gasteiger partial charge >= 0.3 is 0 Å². The van der Waals surface area contributed by atoms with Gasteiger partial charge in [-0.3, -0.25) is 20.9 Å². The predicted octanol–water partition coefficient (Wildman–Crippen LogP) is 3.20. The molecule has 2 atom stereocenters. The third-order valence-corrected chi connectivity index (χ3v) is 6.97. The summed E-state index contributed by atoms with van der Waals surface area (Å²) in [7, 11) is -3.66. The third-order valence-electron chi connectivity index (χ3n) is 5.13. The van der Waals surface area contributed by atoms with Gasteiger partial charge in [-0.15, -0.1) is 0 Å². The molecule has 1 aliphatic rings. The van der Waals surface area contributed by atoms with Crippen molar-refractivity contribution >= 4 is 27.8 Å². The fraction of sp³-hybridized carbons (Fsp3) is 0.318. The summed E-state index contributed by atoms with van der Waals surface area (Å²) in [5.41, 5.74) is 0.368. The average molecular weight is 461 g/mol. The lowest BCUT2D eigenvalue weighted by Gasteiger charge is -2.34. The first-order valence-electron chi connectivity index (χ1n) is 10.1. The van der Waals surface area contributed by atoms with Gasteiger partial charge in [0.05, 0.1) is 4.90 Å². The number of nitrogens with one attached hydrogen (secondary N) is 3. The Kier molecular flexibility index (Phi) is 7.05. The number of amidine groups is 1. The van der Waals surface area contributed by atoms with Crippen molar-refractivity contribution in [2.75, 3.05) is 13.1 Å². The van der Waals surface area contributed by atoms with Gasteiger partial charge in [-0.2, -0.15) is 4.31 Å². The average Bonchev–Trinajstić information content (AvgIpc) is 2.73. The Labute approximate surface area is 186 Å². The molecule has 3 N–H and O–H groups in total. The molecular weight excluding hydrogens is 435 g/mol. The molecule has 0 aromatic heterocycles. The molecule has 2 aromatic rings. The molecule has 2 aromatic carbocycles. The molecule has 0 aliphatic carbocycles. The number of rotatable bonds is 4. The van der Waals surface area contributed by atoms with Crippen LogP contribution in [0.25, 0.3) is 0 Å². The van der Waals surface area contributed by atoms with Crippen LogP contribution in [0.4, 0.5) is 4.39 Å². The van der Waals surface area contributed by atoms with Gasteiger partial charge in [0.1, 0.15) is 5.82 Å². The number of hydrogen-bond acceptors (Lipinski definition) is 6. The molecule has 170 valence electrons. The van der Waals surface area contributed by atoms with E-state index in [1.54, 1.807) is 0 Å². The summed E-state index contributed by atoms with van der Waals surface area (Å²) in [6, 6.07) is 9.68. The fourth-order valence-corrected chi connectivity index (χ4v) is 5.37. The molecular formula is C22H25FN4O4S. The molecule has 1 aliphatic heterocycles. The van der Waals surface area contributed by atoms with Gasteiger partial charge in [-0.25, -0.2) is 12.8 Å². The highest BCUT2D eigenvalue weighted by Gasteiger charge is 2.31. The number of sulfonamides is 1. The summed E-state index contributed by atoms with van der Waals surface area (Å²) in [6.07, 6.45) is 0.984. The van der Waals surface area contributed by atoms with E-state index in [-0.39, 0.29) is 27.9 Å². The van der Waals surface area contributed by atoms with Crippen LogP contribution in [0, 0.1) is 28.5 Å². The van der Waals surface area contributed by atoms with Crippen molar-refractivity contribution in [2.45, 2.75) is 25.2 Å². The SMILES string of the molecule is C[C@@H]1C[C@H](C)CN(S(=O)(=O)c2ccc(C(=O)NC(=N)OC(=N)c3ccc(F)cc3)cc2)C1. The summed E-state index contributed by atoms with van der Waals surface area (Å²) in [4.78, 5) is 12.5. The first-order chi connectivity index (χ1) is 15.1. The molecule has 1 heterocycles. The van der Waals surface area contributed by atoms with E-state index in [1.165, 1.54) is 40.7 Å². The Morgan fingerprint density at radius 3 is 2.09 bits per heavy atom. The lowest BCUT2D eigenvalue weighted by Crippen LogP contribution is -2.42. The second kappa shape index (κ2) is 9.58. The van der Waals surface area contributed by atoms with Crippen molar-refractivity contribution in [3.63, 3.8) is 0 Å². The summed E-state index contributed by atoms with van der Waals surface area (Å²) < 4.78 is 45.3. The zero-order valence-electron chi connectivity index (χ0n) is 17.8. The maximum absolute atomic E-state index is 13.0.